The van der Waals surface area contributed by atoms with Crippen molar-refractivity contribution in [3.63, 3.8) is 0 Å². The molecule has 1 nitrogen and oxygen atoms in total. The highest BCUT2D eigenvalue weighted by Crippen LogP contribution is 2.25. The van der Waals surface area contributed by atoms with Crippen molar-refractivity contribution in [2.45, 2.75) is 64.4 Å². The quantitative estimate of drug-likeness (QED) is 0.623. The average Bonchev–Trinajstić information content (AvgIpc) is 2.69. The molecule has 0 aliphatic heterocycles. The largest absolute Gasteiger partial charge is 0.393 e. The Morgan fingerprint density at radius 2 is 1.94 bits per heavy atom. The summed E-state index contributed by atoms with van der Waals surface area (Å²) < 4.78 is 1.14. The van der Waals surface area contributed by atoms with E-state index in [1.165, 1.54) is 37.0 Å². The molecule has 0 bridgehead atoms. The van der Waals surface area contributed by atoms with Crippen molar-refractivity contribution in [2.24, 2.45) is 0 Å². The second kappa shape index (κ2) is 9.12. The fraction of sp³-hybridized carbons (Fsp3) is 0.714. The number of hydrogen-bond donors (Lipinski definition) is 1. The molecule has 0 fully saturated rings. The van der Waals surface area contributed by atoms with Crippen molar-refractivity contribution in [3.8, 4) is 0 Å². The third kappa shape index (κ3) is 6.58. The van der Waals surface area contributed by atoms with Crippen molar-refractivity contribution in [1.29, 1.82) is 0 Å². The number of unbranched alkanes of at least 4 members (excludes halogenated alkanes) is 5. The normalized spacial score (nSPS) is 12.9. The van der Waals surface area contributed by atoms with Gasteiger partial charge in [0.05, 0.1) is 6.10 Å². The number of hydrogen-bond acceptors (Lipinski definition) is 2. The third-order valence-corrected chi connectivity index (χ3v) is 4.95. The monoisotopic (exact) mass is 318 g/mol. The molecule has 0 amide bonds. The van der Waals surface area contributed by atoms with Gasteiger partial charge in [-0.1, -0.05) is 45.4 Å². The molecule has 1 unspecified atom stereocenters. The molecule has 0 aromatic carbocycles. The lowest BCUT2D eigenvalue weighted by atomic mass is 10.1. The minimum atomic E-state index is -0.170. The van der Waals surface area contributed by atoms with Crippen LogP contribution in [-0.2, 0) is 6.42 Å². The Morgan fingerprint density at radius 1 is 1.24 bits per heavy atom. The Hall–Kier alpha value is 0.140. The van der Waals surface area contributed by atoms with Crippen molar-refractivity contribution in [1.82, 2.24) is 0 Å². The fourth-order valence-electron chi connectivity index (χ4n) is 1.95. The van der Waals surface area contributed by atoms with Crippen LogP contribution in [0.3, 0.4) is 0 Å². The molecule has 0 saturated heterocycles. The Balaban J connectivity index is 2.05. The van der Waals surface area contributed by atoms with Crippen LogP contribution in [0.15, 0.2) is 15.9 Å². The molecule has 1 aromatic heterocycles. The van der Waals surface area contributed by atoms with Gasteiger partial charge in [-0.15, -0.1) is 11.3 Å². The van der Waals surface area contributed by atoms with Crippen molar-refractivity contribution in [2.75, 3.05) is 0 Å². The summed E-state index contributed by atoms with van der Waals surface area (Å²) in [5, 5.41) is 12.0. The maximum absolute atomic E-state index is 9.93. The van der Waals surface area contributed by atoms with Crippen LogP contribution in [0, 0.1) is 0 Å². The molecule has 1 aromatic rings. The van der Waals surface area contributed by atoms with Gasteiger partial charge >= 0.3 is 0 Å². The van der Waals surface area contributed by atoms with Crippen LogP contribution in [0.4, 0.5) is 0 Å². The van der Waals surface area contributed by atoms with Gasteiger partial charge in [0.2, 0.25) is 0 Å². The lowest BCUT2D eigenvalue weighted by Crippen LogP contribution is -2.09. The molecule has 0 radical (unpaired) electrons. The zero-order valence-corrected chi connectivity index (χ0v) is 13.0. The third-order valence-electron chi connectivity index (χ3n) is 3.00. The summed E-state index contributed by atoms with van der Waals surface area (Å²) in [6.45, 7) is 2.24. The van der Waals surface area contributed by atoms with Gasteiger partial charge in [-0.25, -0.2) is 0 Å². The molecule has 0 saturated carbocycles. The van der Waals surface area contributed by atoms with E-state index in [1.54, 1.807) is 11.3 Å². The standard InChI is InChI=1S/C14H23BrOS/c1-2-3-4-5-6-7-8-12(16)11-14-13(15)9-10-17-14/h9-10,12,16H,2-8,11H2,1H3. The predicted octanol–water partition coefficient (Wildman–Crippen LogP) is 5.16. The topological polar surface area (TPSA) is 20.2 Å². The van der Waals surface area contributed by atoms with Gasteiger partial charge in [0, 0.05) is 15.8 Å². The van der Waals surface area contributed by atoms with Crippen LogP contribution in [0.1, 0.15) is 56.7 Å². The first kappa shape index (κ1) is 15.2. The van der Waals surface area contributed by atoms with Crippen molar-refractivity contribution < 1.29 is 5.11 Å². The lowest BCUT2D eigenvalue weighted by Gasteiger charge is -2.09. The van der Waals surface area contributed by atoms with E-state index in [4.69, 9.17) is 0 Å². The summed E-state index contributed by atoms with van der Waals surface area (Å²) in [6, 6.07) is 2.05. The Bertz CT molecular complexity index is 298. The summed E-state index contributed by atoms with van der Waals surface area (Å²) in [5.41, 5.74) is 0. The average molecular weight is 319 g/mol. The second-order valence-corrected chi connectivity index (χ2v) is 6.46. The van der Waals surface area contributed by atoms with E-state index in [1.807, 2.05) is 0 Å². The first-order valence-corrected chi connectivity index (χ1v) is 8.31. The SMILES string of the molecule is CCCCCCCCC(O)Cc1sccc1Br. The molecule has 1 N–H and O–H groups in total. The van der Waals surface area contributed by atoms with E-state index in [0.717, 1.165) is 23.7 Å². The summed E-state index contributed by atoms with van der Waals surface area (Å²) in [5.74, 6) is 0. The van der Waals surface area contributed by atoms with Crippen LogP contribution in [0.25, 0.3) is 0 Å². The maximum atomic E-state index is 9.93. The van der Waals surface area contributed by atoms with Gasteiger partial charge in [-0.05, 0) is 33.8 Å². The van der Waals surface area contributed by atoms with Crippen molar-refractivity contribution in [3.05, 3.63) is 20.8 Å². The zero-order chi connectivity index (χ0) is 12.5. The molecule has 3 heteroatoms. The highest BCUT2D eigenvalue weighted by molar-refractivity contribution is 9.10. The Morgan fingerprint density at radius 3 is 2.59 bits per heavy atom. The zero-order valence-electron chi connectivity index (χ0n) is 10.6. The van der Waals surface area contributed by atoms with Crippen LogP contribution >= 0.6 is 27.3 Å². The Kier molecular flexibility index (Phi) is 8.15. The molecular formula is C14H23BrOS. The minimum absolute atomic E-state index is 0.170. The van der Waals surface area contributed by atoms with Gasteiger partial charge in [-0.2, -0.15) is 0 Å². The highest BCUT2D eigenvalue weighted by atomic mass is 79.9. The molecule has 1 atom stereocenters. The van der Waals surface area contributed by atoms with E-state index in [2.05, 4.69) is 34.3 Å². The molecule has 0 aliphatic rings. The molecule has 0 spiro atoms. The van der Waals surface area contributed by atoms with Gasteiger partial charge < -0.3 is 5.11 Å². The number of aliphatic hydroxyl groups excluding tert-OH is 1. The lowest BCUT2D eigenvalue weighted by molar-refractivity contribution is 0.161. The summed E-state index contributed by atoms with van der Waals surface area (Å²) >= 11 is 5.23. The molecule has 98 valence electrons. The first-order chi connectivity index (χ1) is 8.24. The van der Waals surface area contributed by atoms with E-state index in [0.29, 0.717) is 0 Å². The van der Waals surface area contributed by atoms with Crippen molar-refractivity contribution >= 4 is 27.3 Å². The van der Waals surface area contributed by atoms with Gasteiger partial charge in [-0.3, -0.25) is 0 Å². The van der Waals surface area contributed by atoms with E-state index in [-0.39, 0.29) is 6.10 Å². The van der Waals surface area contributed by atoms with E-state index < -0.39 is 0 Å². The number of thiophene rings is 1. The van der Waals surface area contributed by atoms with Gasteiger partial charge in [0.1, 0.15) is 0 Å². The summed E-state index contributed by atoms with van der Waals surface area (Å²) in [7, 11) is 0. The van der Waals surface area contributed by atoms with Crippen LogP contribution in [-0.4, -0.2) is 11.2 Å². The first-order valence-electron chi connectivity index (χ1n) is 6.64. The minimum Gasteiger partial charge on any atom is -0.393 e. The number of aliphatic hydroxyl groups is 1. The molecule has 1 heterocycles. The van der Waals surface area contributed by atoms with Gasteiger partial charge in [0.25, 0.3) is 0 Å². The predicted molar refractivity (Wildman–Crippen MR) is 79.7 cm³/mol. The van der Waals surface area contributed by atoms with Crippen LogP contribution in [0.5, 0.6) is 0 Å². The van der Waals surface area contributed by atoms with E-state index in [9.17, 15) is 5.11 Å². The van der Waals surface area contributed by atoms with Crippen LogP contribution < -0.4 is 0 Å². The van der Waals surface area contributed by atoms with Crippen LogP contribution in [0.2, 0.25) is 0 Å². The highest BCUT2D eigenvalue weighted by Gasteiger charge is 2.09. The summed E-state index contributed by atoms with van der Waals surface area (Å²) in [4.78, 5) is 1.27. The van der Waals surface area contributed by atoms with Gasteiger partial charge in [0.15, 0.2) is 0 Å². The molecule has 17 heavy (non-hydrogen) atoms. The number of halogens is 1. The smallest absolute Gasteiger partial charge is 0.0588 e. The molecule has 0 aliphatic carbocycles. The second-order valence-electron chi connectivity index (χ2n) is 4.61. The molecular weight excluding hydrogens is 296 g/mol. The number of rotatable bonds is 9. The summed E-state index contributed by atoms with van der Waals surface area (Å²) in [6.07, 6.45) is 9.32. The molecule has 1 rings (SSSR count). The van der Waals surface area contributed by atoms with E-state index >= 15 is 0 Å². The fourth-order valence-corrected chi connectivity index (χ4v) is 3.53. The Labute approximate surface area is 117 Å². The maximum Gasteiger partial charge on any atom is 0.0588 e.